The summed E-state index contributed by atoms with van der Waals surface area (Å²) in [6.07, 6.45) is 2.86. The van der Waals surface area contributed by atoms with Crippen LogP contribution in [-0.2, 0) is 12.8 Å². The Balaban J connectivity index is 1.98. The minimum Gasteiger partial charge on any atom is -0.493 e. The zero-order chi connectivity index (χ0) is 15.0. The Kier molecular flexibility index (Phi) is 3.66. The van der Waals surface area contributed by atoms with Gasteiger partial charge in [-0.05, 0) is 43.2 Å². The molecule has 0 bridgehead atoms. The lowest BCUT2D eigenvalue weighted by Gasteiger charge is -2.43. The third-order valence-electron chi connectivity index (χ3n) is 4.80. The van der Waals surface area contributed by atoms with Crippen LogP contribution in [0.3, 0.4) is 0 Å². The van der Waals surface area contributed by atoms with Crippen molar-refractivity contribution in [2.45, 2.75) is 31.7 Å². The number of fused-ring (bicyclic) bond motifs is 2. The number of carbonyl (C=O) groups is 1. The second-order valence-corrected chi connectivity index (χ2v) is 5.79. The first-order valence-electron chi connectivity index (χ1n) is 7.38. The number of ether oxygens (including phenoxy) is 2. The number of hydrogen-bond acceptors (Lipinski definition) is 3. The van der Waals surface area contributed by atoms with Crippen molar-refractivity contribution in [3.63, 3.8) is 0 Å². The quantitative estimate of drug-likeness (QED) is 0.909. The summed E-state index contributed by atoms with van der Waals surface area (Å²) in [6.45, 7) is 0.652. The van der Waals surface area contributed by atoms with E-state index in [0.717, 1.165) is 37.2 Å². The molecule has 1 aliphatic heterocycles. The molecule has 1 aromatic carbocycles. The van der Waals surface area contributed by atoms with E-state index in [1.54, 1.807) is 19.1 Å². The zero-order valence-electron chi connectivity index (χ0n) is 12.5. The van der Waals surface area contributed by atoms with Gasteiger partial charge in [-0.25, -0.2) is 4.79 Å². The molecule has 3 rings (SSSR count). The topological polar surface area (TPSA) is 59.0 Å². The summed E-state index contributed by atoms with van der Waals surface area (Å²) < 4.78 is 10.9. The van der Waals surface area contributed by atoms with Crippen molar-refractivity contribution in [1.29, 1.82) is 0 Å². The molecule has 2 atom stereocenters. The molecule has 21 heavy (non-hydrogen) atoms. The van der Waals surface area contributed by atoms with Crippen LogP contribution in [0.5, 0.6) is 11.5 Å². The summed E-state index contributed by atoms with van der Waals surface area (Å²) in [5.41, 5.74) is 2.37. The number of methoxy groups -OCH3 is 2. The monoisotopic (exact) mass is 291 g/mol. The van der Waals surface area contributed by atoms with Crippen molar-refractivity contribution in [2.24, 2.45) is 5.92 Å². The zero-order valence-corrected chi connectivity index (χ0v) is 12.5. The first kappa shape index (κ1) is 14.0. The molecule has 5 nitrogen and oxygen atoms in total. The Morgan fingerprint density at radius 1 is 1.29 bits per heavy atom. The van der Waals surface area contributed by atoms with Crippen molar-refractivity contribution in [2.75, 3.05) is 20.8 Å². The molecule has 1 fully saturated rings. The van der Waals surface area contributed by atoms with Gasteiger partial charge >= 0.3 is 6.09 Å². The summed E-state index contributed by atoms with van der Waals surface area (Å²) in [5, 5.41) is 9.39. The van der Waals surface area contributed by atoms with Gasteiger partial charge in [-0.2, -0.15) is 0 Å². The SMILES string of the molecule is COc1ccc2c(c1OC)C[C@@H]1CCCN(C(=O)O)[C@H]1C2. The van der Waals surface area contributed by atoms with E-state index in [-0.39, 0.29) is 6.04 Å². The Bertz CT molecular complexity index is 557. The fraction of sp³-hybridized carbons (Fsp3) is 0.562. The molecule has 0 radical (unpaired) electrons. The molecule has 0 saturated carbocycles. The van der Waals surface area contributed by atoms with Gasteiger partial charge in [0.1, 0.15) is 0 Å². The van der Waals surface area contributed by atoms with Crippen LogP contribution in [0.2, 0.25) is 0 Å². The van der Waals surface area contributed by atoms with Crippen molar-refractivity contribution in [3.05, 3.63) is 23.3 Å². The highest BCUT2D eigenvalue weighted by Crippen LogP contribution is 2.42. The molecule has 1 aliphatic carbocycles. The van der Waals surface area contributed by atoms with E-state index in [1.807, 2.05) is 12.1 Å². The number of benzene rings is 1. The van der Waals surface area contributed by atoms with Crippen molar-refractivity contribution in [3.8, 4) is 11.5 Å². The number of likely N-dealkylation sites (tertiary alicyclic amines) is 1. The molecule has 1 aromatic rings. The van der Waals surface area contributed by atoms with Crippen molar-refractivity contribution >= 4 is 6.09 Å². The normalized spacial score (nSPS) is 24.0. The number of rotatable bonds is 2. The molecule has 1 amide bonds. The predicted molar refractivity (Wildman–Crippen MR) is 78.2 cm³/mol. The predicted octanol–water partition coefficient (Wildman–Crippen LogP) is 2.56. The average molecular weight is 291 g/mol. The molecule has 1 saturated heterocycles. The average Bonchev–Trinajstić information content (AvgIpc) is 2.50. The lowest BCUT2D eigenvalue weighted by Crippen LogP contribution is -2.51. The van der Waals surface area contributed by atoms with E-state index >= 15 is 0 Å². The van der Waals surface area contributed by atoms with Gasteiger partial charge in [0.15, 0.2) is 11.5 Å². The Labute approximate surface area is 124 Å². The summed E-state index contributed by atoms with van der Waals surface area (Å²) in [7, 11) is 3.30. The van der Waals surface area contributed by atoms with Crippen LogP contribution in [-0.4, -0.2) is 42.9 Å². The lowest BCUT2D eigenvalue weighted by molar-refractivity contribution is 0.0736. The maximum absolute atomic E-state index is 11.4. The molecule has 0 unspecified atom stereocenters. The van der Waals surface area contributed by atoms with E-state index < -0.39 is 6.09 Å². The third kappa shape index (κ3) is 2.30. The molecule has 0 spiro atoms. The lowest BCUT2D eigenvalue weighted by atomic mass is 9.75. The van der Waals surface area contributed by atoms with E-state index in [9.17, 15) is 9.90 Å². The van der Waals surface area contributed by atoms with E-state index in [1.165, 1.54) is 11.1 Å². The molecular weight excluding hydrogens is 270 g/mol. The Morgan fingerprint density at radius 2 is 2.10 bits per heavy atom. The highest BCUT2D eigenvalue weighted by molar-refractivity contribution is 5.66. The Morgan fingerprint density at radius 3 is 2.76 bits per heavy atom. The van der Waals surface area contributed by atoms with Crippen LogP contribution < -0.4 is 9.47 Å². The largest absolute Gasteiger partial charge is 0.493 e. The molecule has 2 aliphatic rings. The number of hydrogen-bond donors (Lipinski definition) is 1. The first-order chi connectivity index (χ1) is 10.2. The summed E-state index contributed by atoms with van der Waals surface area (Å²) in [6, 6.07) is 4.05. The van der Waals surface area contributed by atoms with E-state index in [4.69, 9.17) is 9.47 Å². The summed E-state index contributed by atoms with van der Waals surface area (Å²) in [4.78, 5) is 13.0. The minimum absolute atomic E-state index is 0.0989. The van der Waals surface area contributed by atoms with Gasteiger partial charge < -0.3 is 19.5 Å². The molecule has 1 heterocycles. The second kappa shape index (κ2) is 5.47. The smallest absolute Gasteiger partial charge is 0.407 e. The maximum atomic E-state index is 11.4. The third-order valence-corrected chi connectivity index (χ3v) is 4.80. The first-order valence-corrected chi connectivity index (χ1v) is 7.38. The van der Waals surface area contributed by atoms with E-state index in [0.29, 0.717) is 12.5 Å². The standard InChI is InChI=1S/C16H21NO4/c1-20-14-6-5-10-9-13-11(8-12(10)15(14)21-2)4-3-7-17(13)16(18)19/h5-6,11,13H,3-4,7-9H2,1-2H3,(H,18,19)/t11-,13-/m0/s1. The van der Waals surface area contributed by atoms with Gasteiger partial charge in [0.05, 0.1) is 14.2 Å². The second-order valence-electron chi connectivity index (χ2n) is 5.79. The molecular formula is C16H21NO4. The molecule has 0 aromatic heterocycles. The molecule has 5 heteroatoms. The number of carboxylic acid groups (broad SMARTS) is 1. The fourth-order valence-electron chi connectivity index (χ4n) is 3.82. The van der Waals surface area contributed by atoms with Gasteiger partial charge in [0.2, 0.25) is 0 Å². The van der Waals surface area contributed by atoms with Crippen LogP contribution in [0, 0.1) is 5.92 Å². The van der Waals surface area contributed by atoms with Crippen LogP contribution in [0.4, 0.5) is 4.79 Å². The highest BCUT2D eigenvalue weighted by Gasteiger charge is 2.39. The number of nitrogens with zero attached hydrogens (tertiary/aromatic N) is 1. The van der Waals surface area contributed by atoms with Crippen LogP contribution in [0.15, 0.2) is 12.1 Å². The van der Waals surface area contributed by atoms with Gasteiger partial charge in [0.25, 0.3) is 0 Å². The van der Waals surface area contributed by atoms with Crippen molar-refractivity contribution < 1.29 is 19.4 Å². The summed E-state index contributed by atoms with van der Waals surface area (Å²) >= 11 is 0. The Hall–Kier alpha value is -1.91. The van der Waals surface area contributed by atoms with Crippen LogP contribution in [0.1, 0.15) is 24.0 Å². The summed E-state index contributed by atoms with van der Waals surface area (Å²) in [5.74, 6) is 1.94. The molecule has 114 valence electrons. The van der Waals surface area contributed by atoms with E-state index in [2.05, 4.69) is 0 Å². The van der Waals surface area contributed by atoms with Gasteiger partial charge in [0, 0.05) is 18.2 Å². The van der Waals surface area contributed by atoms with Gasteiger partial charge in [-0.1, -0.05) is 6.07 Å². The maximum Gasteiger partial charge on any atom is 0.407 e. The van der Waals surface area contributed by atoms with Gasteiger partial charge in [-0.15, -0.1) is 0 Å². The van der Waals surface area contributed by atoms with Crippen LogP contribution >= 0.6 is 0 Å². The fourth-order valence-corrected chi connectivity index (χ4v) is 3.82. The number of piperidine rings is 1. The highest BCUT2D eigenvalue weighted by atomic mass is 16.5. The number of amides is 1. The minimum atomic E-state index is -0.798. The van der Waals surface area contributed by atoms with Crippen molar-refractivity contribution in [1.82, 2.24) is 4.90 Å². The van der Waals surface area contributed by atoms with Crippen LogP contribution in [0.25, 0.3) is 0 Å². The van der Waals surface area contributed by atoms with Gasteiger partial charge in [-0.3, -0.25) is 0 Å². The molecule has 1 N–H and O–H groups in total.